The highest BCUT2D eigenvalue weighted by molar-refractivity contribution is 7.46. The molecule has 35 heavy (non-hydrogen) atoms. The van der Waals surface area contributed by atoms with Crippen LogP contribution in [0.3, 0.4) is 0 Å². The number of aromatic amines is 1. The van der Waals surface area contributed by atoms with Crippen molar-refractivity contribution >= 4 is 30.9 Å². The molecule has 3 aromatic heterocycles. The maximum atomic E-state index is 11.7. The zero-order chi connectivity index (χ0) is 26.3. The Bertz CT molecular complexity index is 1210. The second-order valence-corrected chi connectivity index (χ2v) is 7.90. The van der Waals surface area contributed by atoms with Crippen molar-refractivity contribution in [3.63, 3.8) is 0 Å². The first-order chi connectivity index (χ1) is 16.3. The molecule has 4 rings (SSSR count). The number of anilines is 1. The molecule has 1 aliphatic rings. The number of nitrogen functional groups attached to an aromatic ring is 1. The number of aliphatic hydroxyl groups is 2. The van der Waals surface area contributed by atoms with E-state index < -0.39 is 50.5 Å². The van der Waals surface area contributed by atoms with E-state index in [1.54, 1.807) is 6.07 Å². The molecule has 4 heterocycles. The van der Waals surface area contributed by atoms with Crippen LogP contribution < -0.4 is 17.0 Å². The summed E-state index contributed by atoms with van der Waals surface area (Å²) in [7, 11) is -4.76. The number of aromatic nitrogens is 4. The third kappa shape index (κ3) is 7.84. The Morgan fingerprint density at radius 1 is 1.31 bits per heavy atom. The van der Waals surface area contributed by atoms with Crippen LogP contribution in [0.25, 0.3) is 11.2 Å². The summed E-state index contributed by atoms with van der Waals surface area (Å²) in [5.74, 6) is -1.18. The smallest absolute Gasteiger partial charge is 0.469 e. The lowest BCUT2D eigenvalue weighted by Gasteiger charge is -2.16. The van der Waals surface area contributed by atoms with Gasteiger partial charge in [0.2, 0.25) is 5.95 Å². The van der Waals surface area contributed by atoms with Gasteiger partial charge in [0.1, 0.15) is 18.3 Å². The second-order valence-electron chi connectivity index (χ2n) is 6.66. The van der Waals surface area contributed by atoms with Gasteiger partial charge >= 0.3 is 13.8 Å². The number of aromatic hydroxyl groups is 1. The SMILES string of the molecule is NCC(=O)O.Nc1nc2c(ncn2[C@@H]2O[C@H](COP(=O)(O)O)[C@@H](O)[C@H]2O)c(=O)[nH]1.Oc1ccco1. The molecule has 0 aromatic carbocycles. The average molecular weight is 522 g/mol. The van der Waals surface area contributed by atoms with E-state index in [0.717, 1.165) is 0 Å². The van der Waals surface area contributed by atoms with E-state index in [9.17, 15) is 24.4 Å². The van der Waals surface area contributed by atoms with Gasteiger partial charge in [-0.05, 0) is 6.07 Å². The number of carboxylic acid groups (broad SMARTS) is 1. The van der Waals surface area contributed by atoms with E-state index in [4.69, 9.17) is 30.5 Å². The molecule has 4 atom stereocenters. The molecule has 11 N–H and O–H groups in total. The first-order valence-corrected chi connectivity index (χ1v) is 11.0. The maximum Gasteiger partial charge on any atom is 0.469 e. The lowest BCUT2D eigenvalue weighted by molar-refractivity contribution is -0.135. The number of imidazole rings is 1. The quantitative estimate of drug-likeness (QED) is 0.156. The van der Waals surface area contributed by atoms with Crippen LogP contribution in [0.5, 0.6) is 5.95 Å². The number of nitrogens with one attached hydrogen (secondary N) is 1. The molecular weight excluding hydrogens is 499 g/mol. The van der Waals surface area contributed by atoms with Crippen LogP contribution in [-0.4, -0.2) is 87.2 Å². The summed E-state index contributed by atoms with van der Waals surface area (Å²) < 4.78 is 26.0. The molecule has 0 bridgehead atoms. The van der Waals surface area contributed by atoms with Crippen molar-refractivity contribution < 1.29 is 53.3 Å². The van der Waals surface area contributed by atoms with Gasteiger partial charge in [-0.2, -0.15) is 4.98 Å². The van der Waals surface area contributed by atoms with Gasteiger partial charge < -0.3 is 50.8 Å². The highest BCUT2D eigenvalue weighted by Gasteiger charge is 2.45. The van der Waals surface area contributed by atoms with Crippen molar-refractivity contribution in [3.8, 4) is 5.95 Å². The Morgan fingerprint density at radius 3 is 2.46 bits per heavy atom. The van der Waals surface area contributed by atoms with Crippen LogP contribution in [0.4, 0.5) is 5.95 Å². The predicted molar refractivity (Wildman–Crippen MR) is 114 cm³/mol. The zero-order valence-corrected chi connectivity index (χ0v) is 18.5. The molecule has 194 valence electrons. The Kier molecular flexibility index (Phi) is 9.46. The fourth-order valence-electron chi connectivity index (χ4n) is 2.67. The number of rotatable bonds is 5. The zero-order valence-electron chi connectivity index (χ0n) is 17.6. The van der Waals surface area contributed by atoms with Crippen LogP contribution in [0.15, 0.2) is 33.9 Å². The molecule has 1 saturated heterocycles. The number of H-pyrrole nitrogens is 1. The Balaban J connectivity index is 0.000000324. The van der Waals surface area contributed by atoms with Crippen molar-refractivity contribution in [1.29, 1.82) is 0 Å². The monoisotopic (exact) mass is 522 g/mol. The number of phosphoric ester groups is 1. The number of hydrogen-bond acceptors (Lipinski definition) is 13. The summed E-state index contributed by atoms with van der Waals surface area (Å²) in [6.07, 6.45) is -2.80. The van der Waals surface area contributed by atoms with E-state index in [1.807, 2.05) is 0 Å². The molecule has 0 unspecified atom stereocenters. The van der Waals surface area contributed by atoms with E-state index in [0.29, 0.717) is 0 Å². The molecule has 0 saturated carbocycles. The van der Waals surface area contributed by atoms with E-state index in [1.165, 1.54) is 23.2 Å². The number of carbonyl (C=O) groups is 1. The van der Waals surface area contributed by atoms with Gasteiger partial charge in [-0.3, -0.25) is 23.7 Å². The van der Waals surface area contributed by atoms with Crippen molar-refractivity contribution in [1.82, 2.24) is 19.5 Å². The normalized spacial score (nSPS) is 21.6. The lowest BCUT2D eigenvalue weighted by atomic mass is 10.1. The van der Waals surface area contributed by atoms with Crippen LogP contribution in [0.1, 0.15) is 6.23 Å². The van der Waals surface area contributed by atoms with Crippen LogP contribution in [-0.2, 0) is 18.6 Å². The molecule has 0 amide bonds. The standard InChI is InChI=1S/C10H14N5O8P.C4H4O2.C2H5NO2/c11-10-13-7-4(8(18)14-10)12-2-15(7)9-6(17)5(16)3(23-9)1-22-24(19,20)21;5-4-2-1-3-6-4;3-1-2(4)5/h2-3,5-6,9,16-17H,1H2,(H2,19,20,21)(H3,11,13,14,18);1-3,5H;1,3H2,(H,4,5)/t3-,5-,6-,9-;;/m1../s1. The van der Waals surface area contributed by atoms with E-state index in [2.05, 4.69) is 29.6 Å². The molecule has 3 aromatic rings. The molecular formula is C16H23N6O12P. The number of carboxylic acids is 1. The highest BCUT2D eigenvalue weighted by Crippen LogP contribution is 2.38. The Hall–Kier alpha value is -3.35. The van der Waals surface area contributed by atoms with Crippen LogP contribution >= 0.6 is 7.82 Å². The van der Waals surface area contributed by atoms with E-state index in [-0.39, 0.29) is 29.6 Å². The van der Waals surface area contributed by atoms with Crippen LogP contribution in [0, 0.1) is 0 Å². The second kappa shape index (κ2) is 11.9. The molecule has 19 heteroatoms. The minimum Gasteiger partial charge on any atom is -0.481 e. The van der Waals surface area contributed by atoms with E-state index >= 15 is 0 Å². The summed E-state index contributed by atoms with van der Waals surface area (Å²) in [5, 5.41) is 36.0. The minimum absolute atomic E-state index is 0.0176. The minimum atomic E-state index is -4.76. The molecule has 1 aliphatic heterocycles. The largest absolute Gasteiger partial charge is 0.481 e. The predicted octanol–water partition coefficient (Wildman–Crippen LogP) is -2.55. The fraction of sp³-hybridized carbons (Fsp3) is 0.375. The van der Waals surface area contributed by atoms with Gasteiger partial charge in [-0.1, -0.05) is 0 Å². The molecule has 0 spiro atoms. The Morgan fingerprint density at radius 2 is 1.97 bits per heavy atom. The molecule has 0 aliphatic carbocycles. The number of nitrogens with two attached hydrogens (primary N) is 2. The van der Waals surface area contributed by atoms with Gasteiger partial charge in [-0.15, -0.1) is 0 Å². The van der Waals surface area contributed by atoms with Gasteiger partial charge in [0.05, 0.1) is 25.7 Å². The summed E-state index contributed by atoms with van der Waals surface area (Å²) in [4.78, 5) is 48.4. The average Bonchev–Trinajstić information content (AvgIpc) is 3.48. The number of phosphoric acid groups is 1. The van der Waals surface area contributed by atoms with Gasteiger partial charge in [-0.25, -0.2) is 9.55 Å². The summed E-state index contributed by atoms with van der Waals surface area (Å²) in [5.41, 5.74) is 9.42. The third-order valence-electron chi connectivity index (χ3n) is 4.15. The lowest BCUT2D eigenvalue weighted by Crippen LogP contribution is -2.33. The van der Waals surface area contributed by atoms with Crippen molar-refractivity contribution in [2.24, 2.45) is 5.73 Å². The number of ether oxygens (including phenoxy) is 1. The number of furan rings is 1. The summed E-state index contributed by atoms with van der Waals surface area (Å²) in [6, 6.07) is 3.09. The summed E-state index contributed by atoms with van der Waals surface area (Å²) >= 11 is 0. The van der Waals surface area contributed by atoms with Crippen LogP contribution in [0.2, 0.25) is 0 Å². The van der Waals surface area contributed by atoms with Gasteiger partial charge in [0, 0.05) is 6.07 Å². The Labute approximate surface area is 194 Å². The fourth-order valence-corrected chi connectivity index (χ4v) is 3.01. The summed E-state index contributed by atoms with van der Waals surface area (Å²) in [6.45, 7) is -0.929. The maximum absolute atomic E-state index is 11.7. The highest BCUT2D eigenvalue weighted by atomic mass is 31.2. The number of aliphatic hydroxyl groups excluding tert-OH is 2. The van der Waals surface area contributed by atoms with Gasteiger partial charge in [0.15, 0.2) is 17.4 Å². The van der Waals surface area contributed by atoms with Crippen molar-refractivity contribution in [2.45, 2.75) is 24.5 Å². The van der Waals surface area contributed by atoms with Crippen molar-refractivity contribution in [3.05, 3.63) is 35.1 Å². The van der Waals surface area contributed by atoms with Gasteiger partial charge in [0.25, 0.3) is 11.5 Å². The number of fused-ring (bicyclic) bond motifs is 1. The topological polar surface area (TPSA) is 303 Å². The number of nitrogens with zero attached hydrogens (tertiary/aromatic N) is 3. The molecule has 0 radical (unpaired) electrons. The molecule has 1 fully saturated rings. The molecule has 18 nitrogen and oxygen atoms in total. The first kappa shape index (κ1) is 27.9. The number of hydrogen-bond donors (Lipinski definition) is 9. The third-order valence-corrected chi connectivity index (χ3v) is 4.64. The number of aliphatic carboxylic acids is 1. The van der Waals surface area contributed by atoms with Crippen molar-refractivity contribution in [2.75, 3.05) is 18.9 Å². The first-order valence-electron chi connectivity index (χ1n) is 9.42.